The maximum Gasteiger partial charge on any atom is 0.296 e. The fourth-order valence-corrected chi connectivity index (χ4v) is 3.61. The minimum Gasteiger partial charge on any atom is -0.494 e. The fraction of sp³-hybridized carbons (Fsp3) is 0.0833. The standard InChI is InChI=1S/C24H18BrN3O4/c1-2-32-17-11-12-21(23(13-17)28(30)31)27-24(29)19-14-22(15-7-9-16(25)10-8-15)26-20-6-4-3-5-18(19)20/h3-14H,2H2,1H3,(H,27,29). The van der Waals surface area contributed by atoms with Crippen LogP contribution in [0.5, 0.6) is 5.75 Å². The quantitative estimate of drug-likeness (QED) is 0.255. The van der Waals surface area contributed by atoms with Gasteiger partial charge in [-0.15, -0.1) is 0 Å². The molecule has 160 valence electrons. The Morgan fingerprint density at radius 1 is 1.09 bits per heavy atom. The molecule has 7 nitrogen and oxygen atoms in total. The zero-order chi connectivity index (χ0) is 22.7. The van der Waals surface area contributed by atoms with Crippen molar-refractivity contribution < 1.29 is 14.5 Å². The number of hydrogen-bond donors (Lipinski definition) is 1. The summed E-state index contributed by atoms with van der Waals surface area (Å²) < 4.78 is 6.28. The van der Waals surface area contributed by atoms with Gasteiger partial charge in [-0.1, -0.05) is 46.3 Å². The molecule has 0 aliphatic heterocycles. The van der Waals surface area contributed by atoms with Gasteiger partial charge in [0.15, 0.2) is 0 Å². The van der Waals surface area contributed by atoms with Crippen LogP contribution in [0, 0.1) is 10.1 Å². The number of para-hydroxylation sites is 1. The van der Waals surface area contributed by atoms with Crippen molar-refractivity contribution >= 4 is 44.1 Å². The number of nitrogens with zero attached hydrogens (tertiary/aromatic N) is 2. The smallest absolute Gasteiger partial charge is 0.296 e. The lowest BCUT2D eigenvalue weighted by Crippen LogP contribution is -2.14. The van der Waals surface area contributed by atoms with Crippen LogP contribution in [0.4, 0.5) is 11.4 Å². The van der Waals surface area contributed by atoms with E-state index in [2.05, 4.69) is 26.2 Å². The first kappa shape index (κ1) is 21.5. The summed E-state index contributed by atoms with van der Waals surface area (Å²) in [5.74, 6) is -0.0988. The minimum absolute atomic E-state index is 0.0922. The van der Waals surface area contributed by atoms with Gasteiger partial charge in [0.05, 0.1) is 34.4 Å². The molecule has 0 saturated carbocycles. The molecule has 1 aromatic heterocycles. The Labute approximate surface area is 192 Å². The first-order valence-corrected chi connectivity index (χ1v) is 10.6. The molecule has 1 heterocycles. The Kier molecular flexibility index (Phi) is 6.13. The van der Waals surface area contributed by atoms with Crippen molar-refractivity contribution in [1.82, 2.24) is 4.98 Å². The molecule has 0 unspecified atom stereocenters. The second kappa shape index (κ2) is 9.15. The van der Waals surface area contributed by atoms with E-state index in [0.29, 0.717) is 34.5 Å². The third-order valence-electron chi connectivity index (χ3n) is 4.83. The zero-order valence-electron chi connectivity index (χ0n) is 17.0. The number of aromatic nitrogens is 1. The summed E-state index contributed by atoms with van der Waals surface area (Å²) in [6, 6.07) is 21.0. The molecule has 1 N–H and O–H groups in total. The van der Waals surface area contributed by atoms with E-state index < -0.39 is 10.8 Å². The van der Waals surface area contributed by atoms with Gasteiger partial charge in [0, 0.05) is 15.4 Å². The van der Waals surface area contributed by atoms with Crippen molar-refractivity contribution in [2.45, 2.75) is 6.92 Å². The number of rotatable bonds is 6. The SMILES string of the molecule is CCOc1ccc(NC(=O)c2cc(-c3ccc(Br)cc3)nc3ccccc23)c([N+](=O)[O-])c1. The van der Waals surface area contributed by atoms with E-state index in [9.17, 15) is 14.9 Å². The number of anilines is 1. The van der Waals surface area contributed by atoms with E-state index in [0.717, 1.165) is 10.0 Å². The van der Waals surface area contributed by atoms with Crippen LogP contribution in [0.1, 0.15) is 17.3 Å². The normalized spacial score (nSPS) is 10.7. The highest BCUT2D eigenvalue weighted by molar-refractivity contribution is 9.10. The highest BCUT2D eigenvalue weighted by Crippen LogP contribution is 2.31. The van der Waals surface area contributed by atoms with E-state index in [4.69, 9.17) is 4.74 Å². The maximum atomic E-state index is 13.3. The van der Waals surface area contributed by atoms with Crippen molar-refractivity contribution in [2.75, 3.05) is 11.9 Å². The Morgan fingerprint density at radius 2 is 1.84 bits per heavy atom. The number of carbonyl (C=O) groups is 1. The summed E-state index contributed by atoms with van der Waals surface area (Å²) in [4.78, 5) is 28.9. The van der Waals surface area contributed by atoms with Crippen molar-refractivity contribution in [3.63, 3.8) is 0 Å². The van der Waals surface area contributed by atoms with Crippen LogP contribution >= 0.6 is 15.9 Å². The predicted molar refractivity (Wildman–Crippen MR) is 127 cm³/mol. The number of nitro benzene ring substituents is 1. The number of halogens is 1. The van der Waals surface area contributed by atoms with Crippen LogP contribution in [-0.4, -0.2) is 22.4 Å². The van der Waals surface area contributed by atoms with Gasteiger partial charge >= 0.3 is 0 Å². The number of nitro groups is 1. The average Bonchev–Trinajstić information content (AvgIpc) is 2.79. The summed E-state index contributed by atoms with van der Waals surface area (Å²) >= 11 is 3.42. The van der Waals surface area contributed by atoms with E-state index >= 15 is 0 Å². The summed E-state index contributed by atoms with van der Waals surface area (Å²) in [6.07, 6.45) is 0. The Hall–Kier alpha value is -3.78. The fourth-order valence-electron chi connectivity index (χ4n) is 3.35. The van der Waals surface area contributed by atoms with Crippen molar-refractivity contribution in [1.29, 1.82) is 0 Å². The maximum absolute atomic E-state index is 13.3. The second-order valence-electron chi connectivity index (χ2n) is 6.90. The molecule has 8 heteroatoms. The third kappa shape index (κ3) is 4.45. The molecular formula is C24H18BrN3O4. The van der Waals surface area contributed by atoms with Crippen LogP contribution in [0.15, 0.2) is 77.3 Å². The Balaban J connectivity index is 1.77. The van der Waals surface area contributed by atoms with Gasteiger partial charge in [-0.3, -0.25) is 14.9 Å². The molecule has 3 aromatic carbocycles. The molecule has 0 atom stereocenters. The lowest BCUT2D eigenvalue weighted by molar-refractivity contribution is -0.384. The second-order valence-corrected chi connectivity index (χ2v) is 7.82. The topological polar surface area (TPSA) is 94.4 Å². The van der Waals surface area contributed by atoms with Crippen LogP contribution < -0.4 is 10.1 Å². The number of hydrogen-bond acceptors (Lipinski definition) is 5. The van der Waals surface area contributed by atoms with Crippen molar-refractivity contribution in [3.05, 3.63) is 92.9 Å². The Bertz CT molecular complexity index is 1320. The highest BCUT2D eigenvalue weighted by atomic mass is 79.9. The van der Waals surface area contributed by atoms with E-state index in [1.165, 1.54) is 12.1 Å². The predicted octanol–water partition coefficient (Wildman–Crippen LogP) is 6.22. The van der Waals surface area contributed by atoms with Gasteiger partial charge in [-0.2, -0.15) is 0 Å². The number of amides is 1. The van der Waals surface area contributed by atoms with Crippen LogP contribution in [0.2, 0.25) is 0 Å². The van der Waals surface area contributed by atoms with Crippen LogP contribution in [-0.2, 0) is 0 Å². The summed E-state index contributed by atoms with van der Waals surface area (Å²) in [6.45, 7) is 2.17. The molecule has 0 saturated heterocycles. The number of ether oxygens (including phenoxy) is 1. The van der Waals surface area contributed by atoms with Gasteiger partial charge in [0.1, 0.15) is 11.4 Å². The molecule has 4 aromatic rings. The molecule has 4 rings (SSSR count). The summed E-state index contributed by atoms with van der Waals surface area (Å²) in [5.41, 5.74) is 2.35. The molecule has 0 spiro atoms. The first-order chi connectivity index (χ1) is 15.5. The summed E-state index contributed by atoms with van der Waals surface area (Å²) in [5, 5.41) is 14.9. The molecule has 0 radical (unpaired) electrons. The molecular weight excluding hydrogens is 474 g/mol. The molecule has 0 fully saturated rings. The number of fused-ring (bicyclic) bond motifs is 1. The monoisotopic (exact) mass is 491 g/mol. The van der Waals surface area contributed by atoms with Gasteiger partial charge in [0.2, 0.25) is 0 Å². The van der Waals surface area contributed by atoms with Gasteiger partial charge < -0.3 is 10.1 Å². The minimum atomic E-state index is -0.546. The Morgan fingerprint density at radius 3 is 2.56 bits per heavy atom. The molecule has 1 amide bonds. The van der Waals surface area contributed by atoms with Crippen LogP contribution in [0.3, 0.4) is 0 Å². The van der Waals surface area contributed by atoms with Crippen molar-refractivity contribution in [2.24, 2.45) is 0 Å². The van der Waals surface area contributed by atoms with Gasteiger partial charge in [-0.25, -0.2) is 4.98 Å². The van der Waals surface area contributed by atoms with Crippen LogP contribution in [0.25, 0.3) is 22.2 Å². The van der Waals surface area contributed by atoms with Gasteiger partial charge in [0.25, 0.3) is 11.6 Å². The number of pyridine rings is 1. The van der Waals surface area contributed by atoms with E-state index in [1.807, 2.05) is 42.5 Å². The molecule has 0 aliphatic carbocycles. The van der Waals surface area contributed by atoms with E-state index in [-0.39, 0.29) is 11.4 Å². The number of carbonyl (C=O) groups excluding carboxylic acids is 1. The molecule has 32 heavy (non-hydrogen) atoms. The molecule has 0 aliphatic rings. The number of nitrogens with one attached hydrogen (secondary N) is 1. The van der Waals surface area contributed by atoms with E-state index in [1.54, 1.807) is 25.1 Å². The zero-order valence-corrected chi connectivity index (χ0v) is 18.6. The third-order valence-corrected chi connectivity index (χ3v) is 5.35. The summed E-state index contributed by atoms with van der Waals surface area (Å²) in [7, 11) is 0. The molecule has 0 bridgehead atoms. The number of benzene rings is 3. The lowest BCUT2D eigenvalue weighted by Gasteiger charge is -2.12. The largest absolute Gasteiger partial charge is 0.494 e. The van der Waals surface area contributed by atoms with Crippen molar-refractivity contribution in [3.8, 4) is 17.0 Å². The lowest BCUT2D eigenvalue weighted by atomic mass is 10.0. The average molecular weight is 492 g/mol. The highest BCUT2D eigenvalue weighted by Gasteiger charge is 2.20. The van der Waals surface area contributed by atoms with Gasteiger partial charge in [-0.05, 0) is 43.3 Å². The first-order valence-electron chi connectivity index (χ1n) is 9.84.